The van der Waals surface area contributed by atoms with Crippen molar-refractivity contribution in [2.75, 3.05) is 30.3 Å². The van der Waals surface area contributed by atoms with E-state index in [2.05, 4.69) is 42.1 Å². The molecule has 2 aromatic heterocycles. The number of aromatic amines is 1. The maximum atomic E-state index is 6.07. The summed E-state index contributed by atoms with van der Waals surface area (Å²) in [5, 5.41) is 7.65. The Balaban J connectivity index is 0.00000171. The van der Waals surface area contributed by atoms with Crippen molar-refractivity contribution in [2.45, 2.75) is 31.8 Å². The molecule has 1 fully saturated rings. The Labute approximate surface area is 222 Å². The summed E-state index contributed by atoms with van der Waals surface area (Å²) in [4.78, 5) is 18.5. The van der Waals surface area contributed by atoms with Crippen LogP contribution >= 0.6 is 36.4 Å². The molecular weight excluding hydrogens is 507 g/mol. The van der Waals surface area contributed by atoms with E-state index in [-0.39, 0.29) is 30.8 Å². The fraction of sp³-hybridized carbons (Fsp3) is 0.333. The van der Waals surface area contributed by atoms with Crippen molar-refractivity contribution in [1.82, 2.24) is 30.0 Å². The summed E-state index contributed by atoms with van der Waals surface area (Å²) in [7, 11) is 0. The van der Waals surface area contributed by atoms with E-state index in [9.17, 15) is 0 Å². The van der Waals surface area contributed by atoms with Gasteiger partial charge in [-0.25, -0.2) is 10.1 Å². The van der Waals surface area contributed by atoms with Gasteiger partial charge in [-0.15, -0.1) is 29.9 Å². The van der Waals surface area contributed by atoms with Gasteiger partial charge in [-0.05, 0) is 49.1 Å². The molecule has 1 aliphatic rings. The van der Waals surface area contributed by atoms with Gasteiger partial charge in [0, 0.05) is 37.2 Å². The van der Waals surface area contributed by atoms with Crippen molar-refractivity contribution in [3.63, 3.8) is 0 Å². The molecule has 0 atom stereocenters. The number of nitrogens with zero attached hydrogens (tertiary/aromatic N) is 6. The number of para-hydroxylation sites is 2. The van der Waals surface area contributed by atoms with E-state index < -0.39 is 0 Å². The lowest BCUT2D eigenvalue weighted by molar-refractivity contribution is 0.160. The number of aromatic nitrogens is 5. The average Bonchev–Trinajstić information content (AvgIpc) is 3.29. The van der Waals surface area contributed by atoms with Crippen LogP contribution in [0.5, 0.6) is 0 Å². The molecule has 5 rings (SSSR count). The van der Waals surface area contributed by atoms with E-state index in [1.807, 2.05) is 42.6 Å². The van der Waals surface area contributed by atoms with Crippen LogP contribution in [0, 0.1) is 0 Å². The zero-order valence-corrected chi connectivity index (χ0v) is 21.6. The number of rotatable bonds is 7. The normalized spacial score (nSPS) is 14.1. The summed E-state index contributed by atoms with van der Waals surface area (Å²) < 4.78 is 0. The third-order valence-electron chi connectivity index (χ3n) is 6.24. The van der Waals surface area contributed by atoms with Crippen LogP contribution in [0.3, 0.4) is 0 Å². The molecule has 0 unspecified atom stereocenters. The highest BCUT2D eigenvalue weighted by molar-refractivity contribution is 6.30. The summed E-state index contributed by atoms with van der Waals surface area (Å²) in [6.07, 6.45) is 4.92. The largest absolute Gasteiger partial charge is 0.366 e. The van der Waals surface area contributed by atoms with Crippen molar-refractivity contribution in [3.8, 4) is 0 Å². The van der Waals surface area contributed by atoms with E-state index in [4.69, 9.17) is 22.3 Å². The van der Waals surface area contributed by atoms with Gasteiger partial charge in [-0.2, -0.15) is 4.98 Å². The van der Waals surface area contributed by atoms with E-state index in [1.54, 1.807) is 0 Å². The van der Waals surface area contributed by atoms with Gasteiger partial charge >= 0.3 is 0 Å². The standard InChI is InChI=1S/C24H27ClN8.2ClH/c25-18-7-5-17(6-8-18)9-12-33(16-19-15-27-21-3-1-2-4-22(21)28-19)20-10-13-32(14-11-20)24-29-23(26)30-31-24;;/h1-8,15,20H,9-14,16H2,(H3,26,29,30,31);2*1H. The number of hydrogen-bond acceptors (Lipinski definition) is 7. The number of H-pyrrole nitrogens is 1. The SMILES string of the molecule is Cl.Cl.Nc1n[nH]c(N2CCC(N(CCc3ccc(Cl)cc3)Cc3cnc4ccccc4n3)CC2)n1. The minimum Gasteiger partial charge on any atom is -0.366 e. The van der Waals surface area contributed by atoms with Crippen LogP contribution < -0.4 is 10.6 Å². The Bertz CT molecular complexity index is 1210. The molecule has 1 saturated heterocycles. The molecule has 0 radical (unpaired) electrons. The number of hydrogen-bond donors (Lipinski definition) is 2. The molecule has 0 bridgehead atoms. The summed E-state index contributed by atoms with van der Waals surface area (Å²) in [5.41, 5.74) is 9.82. The van der Waals surface area contributed by atoms with Crippen molar-refractivity contribution in [1.29, 1.82) is 0 Å². The van der Waals surface area contributed by atoms with Gasteiger partial charge < -0.3 is 10.6 Å². The molecule has 0 aliphatic carbocycles. The third-order valence-corrected chi connectivity index (χ3v) is 6.49. The lowest BCUT2D eigenvalue weighted by atomic mass is 10.0. The first-order valence-electron chi connectivity index (χ1n) is 11.3. The smallest absolute Gasteiger partial charge is 0.241 e. The fourth-order valence-corrected chi connectivity index (χ4v) is 4.57. The van der Waals surface area contributed by atoms with Gasteiger partial charge in [-0.1, -0.05) is 35.9 Å². The first-order valence-corrected chi connectivity index (χ1v) is 11.6. The molecule has 35 heavy (non-hydrogen) atoms. The summed E-state index contributed by atoms with van der Waals surface area (Å²) in [5.74, 6) is 1.03. The molecule has 0 amide bonds. The van der Waals surface area contributed by atoms with Crippen LogP contribution in [0.25, 0.3) is 11.0 Å². The Morgan fingerprint density at radius 2 is 1.71 bits per heavy atom. The molecule has 186 valence electrons. The number of nitrogens with two attached hydrogens (primary N) is 1. The summed E-state index contributed by atoms with van der Waals surface area (Å²) >= 11 is 6.07. The van der Waals surface area contributed by atoms with Gasteiger partial charge in [0.1, 0.15) is 0 Å². The number of fused-ring (bicyclic) bond motifs is 1. The maximum absolute atomic E-state index is 6.07. The molecule has 3 heterocycles. The van der Waals surface area contributed by atoms with E-state index in [0.29, 0.717) is 6.04 Å². The first kappa shape index (κ1) is 26.9. The summed E-state index contributed by atoms with van der Waals surface area (Å²) in [6.45, 7) is 3.52. The second kappa shape index (κ2) is 12.4. The second-order valence-electron chi connectivity index (χ2n) is 8.43. The second-order valence-corrected chi connectivity index (χ2v) is 8.87. The lowest BCUT2D eigenvalue weighted by Crippen LogP contribution is -2.45. The lowest BCUT2D eigenvalue weighted by Gasteiger charge is -2.38. The average molecular weight is 536 g/mol. The van der Waals surface area contributed by atoms with Gasteiger partial charge in [0.2, 0.25) is 11.9 Å². The van der Waals surface area contributed by atoms with Crippen LogP contribution in [0.2, 0.25) is 5.02 Å². The van der Waals surface area contributed by atoms with E-state index >= 15 is 0 Å². The van der Waals surface area contributed by atoms with E-state index in [0.717, 1.165) is 73.1 Å². The fourth-order valence-electron chi connectivity index (χ4n) is 4.44. The van der Waals surface area contributed by atoms with Gasteiger partial charge in [0.15, 0.2) is 0 Å². The van der Waals surface area contributed by atoms with Crippen LogP contribution in [-0.2, 0) is 13.0 Å². The van der Waals surface area contributed by atoms with Crippen LogP contribution in [0.15, 0.2) is 54.7 Å². The molecule has 8 nitrogen and oxygen atoms in total. The van der Waals surface area contributed by atoms with Crippen molar-refractivity contribution < 1.29 is 0 Å². The van der Waals surface area contributed by atoms with Crippen LogP contribution in [0.1, 0.15) is 24.1 Å². The Morgan fingerprint density at radius 1 is 1.00 bits per heavy atom. The number of benzene rings is 2. The highest BCUT2D eigenvalue weighted by atomic mass is 35.5. The van der Waals surface area contributed by atoms with Gasteiger partial charge in [0.05, 0.1) is 22.9 Å². The maximum Gasteiger partial charge on any atom is 0.241 e. The Morgan fingerprint density at radius 3 is 2.40 bits per heavy atom. The number of halogens is 3. The zero-order chi connectivity index (χ0) is 22.6. The molecule has 0 spiro atoms. The van der Waals surface area contributed by atoms with Crippen LogP contribution in [0.4, 0.5) is 11.9 Å². The van der Waals surface area contributed by atoms with Crippen molar-refractivity contribution in [2.24, 2.45) is 0 Å². The van der Waals surface area contributed by atoms with Gasteiger partial charge in [-0.3, -0.25) is 9.88 Å². The molecule has 11 heteroatoms. The minimum atomic E-state index is 0. The van der Waals surface area contributed by atoms with Crippen LogP contribution in [-0.4, -0.2) is 55.7 Å². The van der Waals surface area contributed by atoms with Crippen molar-refractivity contribution in [3.05, 3.63) is 71.0 Å². The number of anilines is 2. The number of nitrogen functional groups attached to an aromatic ring is 1. The number of nitrogens with one attached hydrogen (secondary N) is 1. The zero-order valence-electron chi connectivity index (χ0n) is 19.2. The first-order chi connectivity index (χ1) is 16.1. The van der Waals surface area contributed by atoms with Gasteiger partial charge in [0.25, 0.3) is 0 Å². The molecule has 1 aliphatic heterocycles. The van der Waals surface area contributed by atoms with Crippen molar-refractivity contribution >= 4 is 59.3 Å². The minimum absolute atomic E-state index is 0. The monoisotopic (exact) mass is 534 g/mol. The topological polar surface area (TPSA) is 99.8 Å². The molecule has 0 saturated carbocycles. The quantitative estimate of drug-likeness (QED) is 0.358. The predicted molar refractivity (Wildman–Crippen MR) is 146 cm³/mol. The predicted octanol–water partition coefficient (Wildman–Crippen LogP) is 4.54. The Kier molecular flexibility index (Phi) is 9.51. The highest BCUT2D eigenvalue weighted by Crippen LogP contribution is 2.23. The molecular formula is C24H29Cl3N8. The molecule has 4 aromatic rings. The Hall–Kier alpha value is -2.65. The van der Waals surface area contributed by atoms with E-state index in [1.165, 1.54) is 5.56 Å². The molecule has 2 aromatic carbocycles. The summed E-state index contributed by atoms with van der Waals surface area (Å²) in [6, 6.07) is 16.6. The molecule has 3 N–H and O–H groups in total. The third kappa shape index (κ3) is 6.73. The number of piperidine rings is 1. The highest BCUT2D eigenvalue weighted by Gasteiger charge is 2.26.